The molecule has 2 N–H and O–H groups in total. The summed E-state index contributed by atoms with van der Waals surface area (Å²) in [7, 11) is 0. The predicted octanol–water partition coefficient (Wildman–Crippen LogP) is 4.11. The minimum Gasteiger partial charge on any atom is -0.396 e. The summed E-state index contributed by atoms with van der Waals surface area (Å²) in [5, 5.41) is 12.8. The Labute approximate surface area is 160 Å². The van der Waals surface area contributed by atoms with Crippen LogP contribution in [0.2, 0.25) is 0 Å². The Morgan fingerprint density at radius 3 is 2.04 bits per heavy atom. The van der Waals surface area contributed by atoms with Crippen molar-refractivity contribution in [3.63, 3.8) is 0 Å². The molecule has 1 heterocycles. The second-order valence-electron chi connectivity index (χ2n) is 7.13. The minimum absolute atomic E-state index is 0. The normalized spacial score (nSPS) is 18.1. The fourth-order valence-corrected chi connectivity index (χ4v) is 3.36. The lowest BCUT2D eigenvalue weighted by atomic mass is 9.77. The van der Waals surface area contributed by atoms with Crippen molar-refractivity contribution >= 4 is 12.4 Å². The molecule has 0 unspecified atom stereocenters. The lowest BCUT2D eigenvalue weighted by molar-refractivity contribution is -0.143. The fraction of sp³-hybridized carbons (Fsp3) is 0.647. The average molecular weight is 421 g/mol. The quantitative estimate of drug-likeness (QED) is 0.720. The van der Waals surface area contributed by atoms with E-state index < -0.39 is 47.1 Å². The molecule has 10 heteroatoms. The lowest BCUT2D eigenvalue weighted by Crippen LogP contribution is -2.50. The highest BCUT2D eigenvalue weighted by atomic mass is 35.5. The number of hydrogen-bond acceptors (Lipinski definition) is 3. The average Bonchev–Trinajstić information content (AvgIpc) is 2.54. The molecule has 3 nitrogen and oxygen atoms in total. The summed E-state index contributed by atoms with van der Waals surface area (Å²) in [5.74, 6) is 0. The Hall–Kier alpha value is -1.03. The van der Waals surface area contributed by atoms with Crippen molar-refractivity contribution in [3.05, 3.63) is 34.9 Å². The van der Waals surface area contributed by atoms with Gasteiger partial charge in [0.1, 0.15) is 0 Å². The largest absolute Gasteiger partial charge is 0.416 e. The van der Waals surface area contributed by atoms with E-state index in [1.165, 1.54) is 0 Å². The maximum absolute atomic E-state index is 13.5. The number of nitrogens with zero attached hydrogens (tertiary/aromatic N) is 1. The maximum atomic E-state index is 13.5. The summed E-state index contributed by atoms with van der Waals surface area (Å²) < 4.78 is 79.9. The van der Waals surface area contributed by atoms with E-state index in [0.717, 1.165) is 0 Å². The molecule has 2 rings (SSSR count). The van der Waals surface area contributed by atoms with E-state index in [9.17, 15) is 31.4 Å². The van der Waals surface area contributed by atoms with E-state index >= 15 is 0 Å². The van der Waals surface area contributed by atoms with Crippen LogP contribution in [0.4, 0.5) is 26.3 Å². The molecule has 1 aromatic carbocycles. The molecule has 1 aliphatic rings. The topological polar surface area (TPSA) is 35.5 Å². The van der Waals surface area contributed by atoms with Gasteiger partial charge in [0.25, 0.3) is 0 Å². The van der Waals surface area contributed by atoms with Crippen LogP contribution in [-0.4, -0.2) is 42.8 Å². The van der Waals surface area contributed by atoms with E-state index in [-0.39, 0.29) is 12.4 Å². The van der Waals surface area contributed by atoms with Crippen LogP contribution >= 0.6 is 12.4 Å². The van der Waals surface area contributed by atoms with E-state index in [1.807, 2.05) is 0 Å². The summed E-state index contributed by atoms with van der Waals surface area (Å²) in [6, 6.07) is 0.509. The van der Waals surface area contributed by atoms with E-state index in [2.05, 4.69) is 5.32 Å². The third-order valence-corrected chi connectivity index (χ3v) is 4.64. The standard InChI is InChI=1S/C17H22F6N2O.ClH/c1-15(2,10-26)14(25-7-5-24-6-8-25)12-9-11(16(18,19)20)3-4-13(12)17(21,22)23;/h3-4,9,14,24,26H,5-8,10H2,1-2H3;1H/t14-;/m0./s1. The van der Waals surface area contributed by atoms with Gasteiger partial charge in [-0.15, -0.1) is 12.4 Å². The number of nitrogens with one attached hydrogen (secondary N) is 1. The van der Waals surface area contributed by atoms with Gasteiger partial charge >= 0.3 is 12.4 Å². The summed E-state index contributed by atoms with van der Waals surface area (Å²) in [6.07, 6.45) is -9.55. The van der Waals surface area contributed by atoms with Crippen molar-refractivity contribution in [2.24, 2.45) is 5.41 Å². The molecule has 0 aromatic heterocycles. The van der Waals surface area contributed by atoms with Crippen molar-refractivity contribution in [2.75, 3.05) is 32.8 Å². The van der Waals surface area contributed by atoms with Gasteiger partial charge in [0, 0.05) is 44.2 Å². The van der Waals surface area contributed by atoms with Crippen molar-refractivity contribution in [3.8, 4) is 0 Å². The van der Waals surface area contributed by atoms with Crippen molar-refractivity contribution < 1.29 is 31.4 Å². The molecule has 1 aliphatic heterocycles. The van der Waals surface area contributed by atoms with Crippen LogP contribution in [0.1, 0.15) is 36.6 Å². The van der Waals surface area contributed by atoms with E-state index in [4.69, 9.17) is 0 Å². The minimum atomic E-state index is -4.79. The number of aliphatic hydroxyl groups excluding tert-OH is 1. The van der Waals surface area contributed by atoms with Crippen LogP contribution in [0.25, 0.3) is 0 Å². The molecule has 0 bridgehead atoms. The first-order valence-corrected chi connectivity index (χ1v) is 8.22. The summed E-state index contributed by atoms with van der Waals surface area (Å²) in [6.45, 7) is 4.43. The Morgan fingerprint density at radius 2 is 1.59 bits per heavy atom. The van der Waals surface area contributed by atoms with Crippen molar-refractivity contribution in [1.82, 2.24) is 10.2 Å². The zero-order valence-corrected chi connectivity index (χ0v) is 15.7. The Kier molecular flexibility index (Phi) is 7.60. The summed E-state index contributed by atoms with van der Waals surface area (Å²) >= 11 is 0. The molecule has 27 heavy (non-hydrogen) atoms. The van der Waals surface area contributed by atoms with Gasteiger partial charge in [-0.05, 0) is 23.8 Å². The summed E-state index contributed by atoms with van der Waals surface area (Å²) in [5.41, 5.74) is -3.75. The van der Waals surface area contributed by atoms with Gasteiger partial charge in [-0.25, -0.2) is 0 Å². The van der Waals surface area contributed by atoms with Crippen LogP contribution in [0.5, 0.6) is 0 Å². The molecule has 1 saturated heterocycles. The molecule has 0 aliphatic carbocycles. The third-order valence-electron chi connectivity index (χ3n) is 4.64. The van der Waals surface area contributed by atoms with Gasteiger partial charge in [-0.3, -0.25) is 4.90 Å². The molecule has 1 atom stereocenters. The first kappa shape index (κ1) is 24.0. The first-order chi connectivity index (χ1) is 11.9. The zero-order valence-electron chi connectivity index (χ0n) is 14.9. The van der Waals surface area contributed by atoms with Crippen molar-refractivity contribution in [1.29, 1.82) is 0 Å². The monoisotopic (exact) mass is 420 g/mol. The lowest BCUT2D eigenvalue weighted by Gasteiger charge is -2.44. The highest BCUT2D eigenvalue weighted by molar-refractivity contribution is 5.85. The molecular formula is C17H23ClF6N2O. The highest BCUT2D eigenvalue weighted by Gasteiger charge is 2.44. The number of hydrogen-bond donors (Lipinski definition) is 2. The van der Waals surface area contributed by atoms with Gasteiger partial charge in [0.05, 0.1) is 11.1 Å². The van der Waals surface area contributed by atoms with Crippen LogP contribution < -0.4 is 5.32 Å². The molecule has 0 amide bonds. The number of aliphatic hydroxyl groups is 1. The molecule has 1 aromatic rings. The number of rotatable bonds is 4. The van der Waals surface area contributed by atoms with Crippen LogP contribution in [0, 0.1) is 5.41 Å². The molecule has 0 radical (unpaired) electrons. The first-order valence-electron chi connectivity index (χ1n) is 8.22. The molecule has 156 valence electrons. The second-order valence-corrected chi connectivity index (χ2v) is 7.13. The number of halogens is 7. The van der Waals surface area contributed by atoms with Gasteiger partial charge in [-0.1, -0.05) is 13.8 Å². The number of piperazine rings is 1. The van der Waals surface area contributed by atoms with E-state index in [0.29, 0.717) is 44.4 Å². The maximum Gasteiger partial charge on any atom is 0.416 e. The van der Waals surface area contributed by atoms with E-state index in [1.54, 1.807) is 18.7 Å². The van der Waals surface area contributed by atoms with Gasteiger partial charge in [0.2, 0.25) is 0 Å². The zero-order chi connectivity index (χ0) is 19.8. The molecule has 1 fully saturated rings. The fourth-order valence-electron chi connectivity index (χ4n) is 3.36. The second kappa shape index (κ2) is 8.55. The highest BCUT2D eigenvalue weighted by Crippen LogP contribution is 2.45. The predicted molar refractivity (Wildman–Crippen MR) is 91.7 cm³/mol. The van der Waals surface area contributed by atoms with Gasteiger partial charge in [-0.2, -0.15) is 26.3 Å². The Morgan fingerprint density at radius 1 is 1.04 bits per heavy atom. The smallest absolute Gasteiger partial charge is 0.396 e. The molecular weight excluding hydrogens is 398 g/mol. The van der Waals surface area contributed by atoms with Gasteiger partial charge < -0.3 is 10.4 Å². The molecule has 0 spiro atoms. The Balaban J connectivity index is 0.00000364. The number of benzene rings is 1. The Bertz CT molecular complexity index is 627. The van der Waals surface area contributed by atoms with Crippen LogP contribution in [0.15, 0.2) is 18.2 Å². The van der Waals surface area contributed by atoms with Gasteiger partial charge in [0.15, 0.2) is 0 Å². The molecule has 0 saturated carbocycles. The summed E-state index contributed by atoms with van der Waals surface area (Å²) in [4.78, 5) is 1.71. The SMILES string of the molecule is CC(C)(CO)[C@H](c1cc(C(F)(F)F)ccc1C(F)(F)F)N1CCNCC1.Cl. The van der Waals surface area contributed by atoms with Crippen LogP contribution in [-0.2, 0) is 12.4 Å². The van der Waals surface area contributed by atoms with Crippen molar-refractivity contribution in [2.45, 2.75) is 32.2 Å². The van der Waals surface area contributed by atoms with Crippen LogP contribution in [0.3, 0.4) is 0 Å². The third kappa shape index (κ3) is 5.49. The number of alkyl halides is 6.